The first-order valence-electron chi connectivity index (χ1n) is 10.1. The van der Waals surface area contributed by atoms with E-state index in [-0.39, 0.29) is 17.4 Å². The van der Waals surface area contributed by atoms with Crippen LogP contribution in [0.15, 0.2) is 42.5 Å². The van der Waals surface area contributed by atoms with Crippen LogP contribution in [-0.2, 0) is 14.6 Å². The molecule has 6 nitrogen and oxygen atoms in total. The number of carbonyl (C=O) groups excluding carboxylic acids is 1. The van der Waals surface area contributed by atoms with Crippen molar-refractivity contribution in [3.8, 4) is 17.2 Å². The molecule has 1 amide bonds. The van der Waals surface area contributed by atoms with Crippen molar-refractivity contribution in [2.45, 2.75) is 44.3 Å². The second-order valence-electron chi connectivity index (χ2n) is 7.22. The molecule has 8 heteroatoms. The third kappa shape index (κ3) is 6.12. The van der Waals surface area contributed by atoms with Crippen LogP contribution in [0, 0.1) is 0 Å². The molecule has 1 N–H and O–H groups in total. The van der Waals surface area contributed by atoms with Gasteiger partial charge in [0.1, 0.15) is 11.5 Å². The third-order valence-electron chi connectivity index (χ3n) is 5.00. The quantitative estimate of drug-likeness (QED) is 0.565. The van der Waals surface area contributed by atoms with E-state index in [0.717, 1.165) is 18.6 Å². The molecule has 0 spiro atoms. The maximum Gasteiger partial charge on any atom is 0.225 e. The van der Waals surface area contributed by atoms with Crippen molar-refractivity contribution < 1.29 is 22.7 Å². The van der Waals surface area contributed by atoms with E-state index in [9.17, 15) is 13.2 Å². The fraction of sp³-hybridized carbons (Fsp3) is 0.409. The zero-order valence-electron chi connectivity index (χ0n) is 16.9. The molecular weight excluding hydrogens is 426 g/mol. The topological polar surface area (TPSA) is 81.7 Å². The number of carbonyl (C=O) groups is 1. The number of sulfone groups is 1. The third-order valence-corrected chi connectivity index (χ3v) is 7.50. The first-order chi connectivity index (χ1) is 14.4. The highest BCUT2D eigenvalue weighted by Crippen LogP contribution is 2.33. The Morgan fingerprint density at radius 3 is 2.43 bits per heavy atom. The number of hydrogen-bond donors (Lipinski definition) is 1. The summed E-state index contributed by atoms with van der Waals surface area (Å²) >= 11 is 6.08. The van der Waals surface area contributed by atoms with Crippen molar-refractivity contribution in [1.29, 1.82) is 0 Å². The molecule has 0 radical (unpaired) electrons. The summed E-state index contributed by atoms with van der Waals surface area (Å²) in [4.78, 5) is 12.4. The SMILES string of the molecule is CCOc1ccc(Oc2ccc(Cl)cc2NC(=O)CCS(=O)(=O)C2CCCC2)cc1. The number of amides is 1. The average molecular weight is 452 g/mol. The number of hydrogen-bond acceptors (Lipinski definition) is 5. The summed E-state index contributed by atoms with van der Waals surface area (Å²) in [6.45, 7) is 2.48. The molecule has 1 aliphatic carbocycles. The highest BCUT2D eigenvalue weighted by molar-refractivity contribution is 7.92. The van der Waals surface area contributed by atoms with Crippen LogP contribution in [0.2, 0.25) is 5.02 Å². The Balaban J connectivity index is 1.65. The molecule has 1 aliphatic rings. The minimum absolute atomic E-state index is 0.103. The standard InChI is InChI=1S/C22H26ClNO5S/c1-2-28-17-8-10-18(11-9-17)29-21-12-7-16(23)15-20(21)24-22(25)13-14-30(26,27)19-5-3-4-6-19/h7-12,15,19H,2-6,13-14H2,1H3,(H,24,25). The van der Waals surface area contributed by atoms with E-state index in [2.05, 4.69) is 5.32 Å². The fourth-order valence-electron chi connectivity index (χ4n) is 3.45. The van der Waals surface area contributed by atoms with Gasteiger partial charge < -0.3 is 14.8 Å². The average Bonchev–Trinajstić information content (AvgIpc) is 3.26. The van der Waals surface area contributed by atoms with Crippen LogP contribution in [0.25, 0.3) is 0 Å². The summed E-state index contributed by atoms with van der Waals surface area (Å²) in [5, 5.41) is 2.85. The molecular formula is C22H26ClNO5S. The first-order valence-corrected chi connectivity index (χ1v) is 12.2. The molecule has 0 heterocycles. The van der Waals surface area contributed by atoms with E-state index in [4.69, 9.17) is 21.1 Å². The Morgan fingerprint density at radius 1 is 1.10 bits per heavy atom. The fourth-order valence-corrected chi connectivity index (χ4v) is 5.48. The molecule has 0 aromatic heterocycles. The summed E-state index contributed by atoms with van der Waals surface area (Å²) in [6.07, 6.45) is 3.15. The largest absolute Gasteiger partial charge is 0.494 e. The summed E-state index contributed by atoms with van der Waals surface area (Å²) in [6, 6.07) is 12.0. The van der Waals surface area contributed by atoms with Gasteiger partial charge in [-0.3, -0.25) is 4.79 Å². The molecule has 0 bridgehead atoms. The minimum atomic E-state index is -3.25. The number of halogens is 1. The van der Waals surface area contributed by atoms with Crippen LogP contribution >= 0.6 is 11.6 Å². The summed E-state index contributed by atoms with van der Waals surface area (Å²) < 4.78 is 36.1. The molecule has 0 unspecified atom stereocenters. The van der Waals surface area contributed by atoms with Crippen molar-refractivity contribution in [2.24, 2.45) is 0 Å². The van der Waals surface area contributed by atoms with Crippen LogP contribution in [-0.4, -0.2) is 31.9 Å². The number of anilines is 1. The lowest BCUT2D eigenvalue weighted by molar-refractivity contribution is -0.115. The Kier molecular flexibility index (Phi) is 7.61. The van der Waals surface area contributed by atoms with Crippen molar-refractivity contribution in [1.82, 2.24) is 0 Å². The predicted octanol–water partition coefficient (Wildman–Crippen LogP) is 5.22. The predicted molar refractivity (Wildman–Crippen MR) is 118 cm³/mol. The zero-order chi connectivity index (χ0) is 21.6. The van der Waals surface area contributed by atoms with Gasteiger partial charge in [0.05, 0.1) is 23.3 Å². The van der Waals surface area contributed by atoms with Gasteiger partial charge in [-0.15, -0.1) is 0 Å². The Bertz CT molecular complexity index is 970. The van der Waals surface area contributed by atoms with E-state index >= 15 is 0 Å². The number of benzene rings is 2. The summed E-state index contributed by atoms with van der Waals surface area (Å²) in [5.74, 6) is 1.17. The van der Waals surface area contributed by atoms with Gasteiger partial charge in [-0.1, -0.05) is 24.4 Å². The Morgan fingerprint density at radius 2 is 1.77 bits per heavy atom. The lowest BCUT2D eigenvalue weighted by Gasteiger charge is -2.14. The van der Waals surface area contributed by atoms with E-state index in [1.807, 2.05) is 6.92 Å². The normalized spacial score (nSPS) is 14.5. The molecule has 162 valence electrons. The van der Waals surface area contributed by atoms with Gasteiger partial charge in [-0.25, -0.2) is 8.42 Å². The van der Waals surface area contributed by atoms with Gasteiger partial charge in [0, 0.05) is 11.4 Å². The second-order valence-corrected chi connectivity index (χ2v) is 10.1. The number of rotatable bonds is 9. The van der Waals surface area contributed by atoms with Gasteiger partial charge in [0.25, 0.3) is 0 Å². The van der Waals surface area contributed by atoms with Crippen molar-refractivity contribution >= 4 is 33.0 Å². The van der Waals surface area contributed by atoms with Crippen molar-refractivity contribution in [3.63, 3.8) is 0 Å². The maximum absolute atomic E-state index is 12.4. The van der Waals surface area contributed by atoms with Gasteiger partial charge in [0.2, 0.25) is 5.91 Å². The van der Waals surface area contributed by atoms with Crippen LogP contribution in [0.4, 0.5) is 5.69 Å². The molecule has 0 aliphatic heterocycles. The Hall–Kier alpha value is -2.25. The second kappa shape index (κ2) is 10.2. The van der Waals surface area contributed by atoms with Crippen molar-refractivity contribution in [2.75, 3.05) is 17.7 Å². The van der Waals surface area contributed by atoms with E-state index in [1.165, 1.54) is 0 Å². The maximum atomic E-state index is 12.4. The lowest BCUT2D eigenvalue weighted by atomic mass is 10.2. The van der Waals surface area contributed by atoms with Crippen LogP contribution in [0.5, 0.6) is 17.2 Å². The molecule has 30 heavy (non-hydrogen) atoms. The molecule has 3 rings (SSSR count). The number of nitrogens with one attached hydrogen (secondary N) is 1. The van der Waals surface area contributed by atoms with Gasteiger partial charge in [0.15, 0.2) is 15.6 Å². The van der Waals surface area contributed by atoms with E-state index in [0.29, 0.717) is 41.7 Å². The van der Waals surface area contributed by atoms with Gasteiger partial charge in [-0.2, -0.15) is 0 Å². The monoisotopic (exact) mass is 451 g/mol. The van der Waals surface area contributed by atoms with Crippen LogP contribution < -0.4 is 14.8 Å². The minimum Gasteiger partial charge on any atom is -0.494 e. The molecule has 2 aromatic carbocycles. The smallest absolute Gasteiger partial charge is 0.225 e. The molecule has 2 aromatic rings. The highest BCUT2D eigenvalue weighted by Gasteiger charge is 2.29. The summed E-state index contributed by atoms with van der Waals surface area (Å²) in [7, 11) is -3.25. The zero-order valence-corrected chi connectivity index (χ0v) is 18.5. The van der Waals surface area contributed by atoms with Gasteiger partial charge >= 0.3 is 0 Å². The van der Waals surface area contributed by atoms with E-state index in [1.54, 1.807) is 42.5 Å². The van der Waals surface area contributed by atoms with Crippen molar-refractivity contribution in [3.05, 3.63) is 47.5 Å². The highest BCUT2D eigenvalue weighted by atomic mass is 35.5. The first kappa shape index (κ1) is 22.4. The summed E-state index contributed by atoms with van der Waals surface area (Å²) in [5.41, 5.74) is 0.389. The molecule has 1 fully saturated rings. The van der Waals surface area contributed by atoms with Gasteiger partial charge in [-0.05, 0) is 62.2 Å². The molecule has 1 saturated carbocycles. The number of ether oxygens (including phenoxy) is 2. The lowest BCUT2D eigenvalue weighted by Crippen LogP contribution is -2.24. The Labute approximate surface area is 182 Å². The van der Waals surface area contributed by atoms with E-state index < -0.39 is 15.7 Å². The van der Waals surface area contributed by atoms with Crippen LogP contribution in [0.3, 0.4) is 0 Å². The molecule has 0 atom stereocenters. The van der Waals surface area contributed by atoms with Crippen LogP contribution in [0.1, 0.15) is 39.0 Å². The molecule has 0 saturated heterocycles.